The van der Waals surface area contributed by atoms with E-state index in [1.54, 1.807) is 0 Å². The molecule has 1 amide bonds. The molecule has 182 valence electrons. The summed E-state index contributed by atoms with van der Waals surface area (Å²) >= 11 is 4.87. The highest BCUT2D eigenvalue weighted by Crippen LogP contribution is 2.09. The number of rotatable bonds is 14. The van der Waals surface area contributed by atoms with Crippen molar-refractivity contribution in [3.05, 3.63) is 35.9 Å². The minimum Gasteiger partial charge on any atom is -0.481 e. The normalized spacial score (nSPS) is 12.2. The van der Waals surface area contributed by atoms with Gasteiger partial charge < -0.3 is 30.7 Å². The van der Waals surface area contributed by atoms with Crippen molar-refractivity contribution in [1.29, 1.82) is 0 Å². The molecule has 0 saturated carbocycles. The van der Waals surface area contributed by atoms with E-state index in [2.05, 4.69) is 10.6 Å². The van der Waals surface area contributed by atoms with Crippen LogP contribution in [0.3, 0.4) is 0 Å². The van der Waals surface area contributed by atoms with Crippen molar-refractivity contribution < 1.29 is 44.4 Å². The third-order valence-corrected chi connectivity index (χ3v) is 4.72. The lowest BCUT2D eigenvalue weighted by molar-refractivity contribution is -0.154. The molecular weight excluding hydrogens is 458 g/mol. The number of carboxylic acids is 3. The molecule has 0 bridgehead atoms. The number of hydrogen-bond acceptors (Lipinski definition) is 7. The molecule has 33 heavy (non-hydrogen) atoms. The number of ether oxygens (including phenoxy) is 1. The Labute approximate surface area is 195 Å². The molecule has 0 aliphatic heterocycles. The number of hydroxylamine groups is 2. The molecule has 0 aromatic heterocycles. The van der Waals surface area contributed by atoms with Crippen molar-refractivity contribution >= 4 is 41.3 Å². The molecule has 0 heterocycles. The molecule has 1 aromatic rings. The third-order valence-electron chi connectivity index (χ3n) is 4.42. The number of hydrogen-bond donors (Lipinski definition) is 6. The maximum atomic E-state index is 11.7. The fraction of sp³-hybridized carbons (Fsp3) is 0.450. The molecule has 1 aromatic carbocycles. The van der Waals surface area contributed by atoms with Crippen molar-refractivity contribution in [2.75, 3.05) is 6.54 Å². The second-order valence-electron chi connectivity index (χ2n) is 6.96. The number of nitrogens with zero attached hydrogens (tertiary/aromatic N) is 1. The molecule has 0 aliphatic rings. The van der Waals surface area contributed by atoms with Crippen molar-refractivity contribution in [2.24, 2.45) is 0 Å². The van der Waals surface area contributed by atoms with Gasteiger partial charge in [-0.1, -0.05) is 30.3 Å². The zero-order valence-electron chi connectivity index (χ0n) is 17.7. The van der Waals surface area contributed by atoms with Gasteiger partial charge in [0.1, 0.15) is 12.6 Å². The fourth-order valence-electron chi connectivity index (χ4n) is 2.66. The van der Waals surface area contributed by atoms with Gasteiger partial charge in [0.2, 0.25) is 0 Å². The molecule has 0 fully saturated rings. The van der Waals surface area contributed by atoms with Gasteiger partial charge in [-0.25, -0.2) is 19.4 Å². The zero-order chi connectivity index (χ0) is 24.8. The van der Waals surface area contributed by atoms with Gasteiger partial charge >= 0.3 is 24.0 Å². The van der Waals surface area contributed by atoms with Gasteiger partial charge in [0, 0.05) is 13.0 Å². The largest absolute Gasteiger partial charge is 0.481 e. The average molecular weight is 486 g/mol. The van der Waals surface area contributed by atoms with Gasteiger partial charge in [-0.3, -0.25) is 10.0 Å². The van der Waals surface area contributed by atoms with Gasteiger partial charge in [-0.2, -0.15) is 0 Å². The smallest absolute Gasteiger partial charge is 0.407 e. The number of nitrogens with one attached hydrogen (secondary N) is 2. The number of carbonyl (C=O) groups is 4. The zero-order valence-corrected chi connectivity index (χ0v) is 18.5. The molecular formula is C20H27N3O9S. The van der Waals surface area contributed by atoms with Gasteiger partial charge in [0.25, 0.3) is 0 Å². The summed E-state index contributed by atoms with van der Waals surface area (Å²) in [4.78, 5) is 45.0. The Bertz CT molecular complexity index is 822. The van der Waals surface area contributed by atoms with Crippen LogP contribution in [0.5, 0.6) is 0 Å². The summed E-state index contributed by atoms with van der Waals surface area (Å²) in [7, 11) is 0. The highest BCUT2D eigenvalue weighted by Gasteiger charge is 2.29. The first-order valence-electron chi connectivity index (χ1n) is 10.0. The minimum absolute atomic E-state index is 0.0543. The van der Waals surface area contributed by atoms with Crippen LogP contribution in [0.25, 0.3) is 0 Å². The maximum absolute atomic E-state index is 11.7. The Morgan fingerprint density at radius 1 is 1.00 bits per heavy atom. The monoisotopic (exact) mass is 485 g/mol. The number of aliphatic carboxylic acids is 3. The molecule has 6 N–H and O–H groups in total. The SMILES string of the molecule is O=C(O)CC[C@H](NC(=S)N(O)C(CCCCNC(=O)OCc1ccccc1)C(=O)O)C(=O)O. The first kappa shape index (κ1) is 27.6. The Kier molecular flexibility index (Phi) is 12.2. The van der Waals surface area contributed by atoms with E-state index in [4.69, 9.17) is 27.2 Å². The summed E-state index contributed by atoms with van der Waals surface area (Å²) in [6, 6.07) is 6.22. The third kappa shape index (κ3) is 11.1. The summed E-state index contributed by atoms with van der Waals surface area (Å²) in [5.41, 5.74) is 0.831. The van der Waals surface area contributed by atoms with Crippen molar-refractivity contribution in [3.8, 4) is 0 Å². The molecule has 1 rings (SSSR count). The Morgan fingerprint density at radius 3 is 2.24 bits per heavy atom. The van der Waals surface area contributed by atoms with Crippen LogP contribution in [0, 0.1) is 0 Å². The highest BCUT2D eigenvalue weighted by molar-refractivity contribution is 7.80. The van der Waals surface area contributed by atoms with Crippen molar-refractivity contribution in [3.63, 3.8) is 0 Å². The van der Waals surface area contributed by atoms with Crippen LogP contribution in [-0.2, 0) is 25.7 Å². The van der Waals surface area contributed by atoms with Crippen LogP contribution in [0.4, 0.5) is 4.79 Å². The van der Waals surface area contributed by atoms with Gasteiger partial charge in [0.05, 0.1) is 0 Å². The number of carboxylic acid groups (broad SMARTS) is 3. The lowest BCUT2D eigenvalue weighted by atomic mass is 10.1. The summed E-state index contributed by atoms with van der Waals surface area (Å²) < 4.78 is 5.05. The number of thiocarbonyl (C=S) groups is 1. The van der Waals surface area contributed by atoms with E-state index in [9.17, 15) is 29.5 Å². The van der Waals surface area contributed by atoms with E-state index in [0.717, 1.165) is 5.56 Å². The first-order chi connectivity index (χ1) is 15.6. The van der Waals surface area contributed by atoms with Crippen LogP contribution in [0.1, 0.15) is 37.7 Å². The summed E-state index contributed by atoms with van der Waals surface area (Å²) in [5, 5.41) is 41.8. The molecule has 12 nitrogen and oxygen atoms in total. The van der Waals surface area contributed by atoms with E-state index in [1.807, 2.05) is 30.3 Å². The molecule has 0 radical (unpaired) electrons. The quantitative estimate of drug-likeness (QED) is 0.127. The van der Waals surface area contributed by atoms with E-state index >= 15 is 0 Å². The molecule has 2 atom stereocenters. The van der Waals surface area contributed by atoms with Crippen LogP contribution < -0.4 is 10.6 Å². The number of carbonyl (C=O) groups excluding carboxylic acids is 1. The molecule has 0 spiro atoms. The summed E-state index contributed by atoms with van der Waals surface area (Å²) in [6.45, 7) is 0.325. The number of unbranched alkanes of at least 4 members (excludes halogenated alkanes) is 1. The van der Waals surface area contributed by atoms with Gasteiger partial charge in [-0.05, 0) is 43.5 Å². The topological polar surface area (TPSA) is 186 Å². The van der Waals surface area contributed by atoms with Crippen LogP contribution in [0.15, 0.2) is 30.3 Å². The van der Waals surface area contributed by atoms with Crippen LogP contribution in [0.2, 0.25) is 0 Å². The molecule has 13 heteroatoms. The van der Waals surface area contributed by atoms with Crippen LogP contribution in [-0.4, -0.2) is 73.3 Å². The molecule has 0 aliphatic carbocycles. The lowest BCUT2D eigenvalue weighted by Crippen LogP contribution is -2.52. The second kappa shape index (κ2) is 14.6. The predicted molar refractivity (Wildman–Crippen MR) is 118 cm³/mol. The highest BCUT2D eigenvalue weighted by atomic mass is 32.1. The first-order valence-corrected chi connectivity index (χ1v) is 10.4. The minimum atomic E-state index is -1.47. The van der Waals surface area contributed by atoms with Crippen molar-refractivity contribution in [2.45, 2.75) is 50.8 Å². The van der Waals surface area contributed by atoms with E-state index < -0.39 is 47.6 Å². The van der Waals surface area contributed by atoms with Crippen molar-refractivity contribution in [1.82, 2.24) is 15.7 Å². The standard InChI is InChI=1S/C20H27N3O9S/c24-16(25)10-9-14(17(26)27)22-19(33)23(31)15(18(28)29)8-4-5-11-21-20(30)32-12-13-6-2-1-3-7-13/h1-3,6-7,14-15,31H,4-5,8-12H2,(H,21,30)(H,22,33)(H,24,25)(H,26,27)(H,28,29)/t14-,15?/m0/s1. The van der Waals surface area contributed by atoms with Crippen LogP contribution >= 0.6 is 12.2 Å². The Balaban J connectivity index is 2.41. The van der Waals surface area contributed by atoms with E-state index in [0.29, 0.717) is 6.42 Å². The second-order valence-corrected chi connectivity index (χ2v) is 7.34. The number of amides is 1. The molecule has 0 saturated heterocycles. The number of benzene rings is 1. The van der Waals surface area contributed by atoms with E-state index in [-0.39, 0.29) is 37.5 Å². The van der Waals surface area contributed by atoms with Gasteiger partial charge in [0.15, 0.2) is 11.2 Å². The number of alkyl carbamates (subject to hydrolysis) is 1. The lowest BCUT2D eigenvalue weighted by Gasteiger charge is -2.27. The van der Waals surface area contributed by atoms with Gasteiger partial charge in [-0.15, -0.1) is 0 Å². The predicted octanol–water partition coefficient (Wildman–Crippen LogP) is 1.42. The molecule has 1 unspecified atom stereocenters. The van der Waals surface area contributed by atoms with E-state index in [1.165, 1.54) is 0 Å². The summed E-state index contributed by atoms with van der Waals surface area (Å²) in [5.74, 6) is -4.01. The Hall–Kier alpha value is -3.45. The summed E-state index contributed by atoms with van der Waals surface area (Å²) in [6.07, 6.45) is -0.778. The fourth-order valence-corrected chi connectivity index (χ4v) is 2.93. The Morgan fingerprint density at radius 2 is 1.67 bits per heavy atom. The average Bonchev–Trinajstić information content (AvgIpc) is 2.77. The maximum Gasteiger partial charge on any atom is 0.407 e.